The maximum Gasteiger partial charge on any atom is 0.243 e. The van der Waals surface area contributed by atoms with Crippen molar-refractivity contribution < 1.29 is 9.59 Å². The number of carbonyl (C=O) groups excluding carboxylic acids is 2. The molecule has 23 heavy (non-hydrogen) atoms. The molecule has 0 unspecified atom stereocenters. The number of halogens is 1. The van der Waals surface area contributed by atoms with Crippen molar-refractivity contribution in [2.75, 3.05) is 17.2 Å². The zero-order valence-corrected chi connectivity index (χ0v) is 13.1. The first-order valence-corrected chi connectivity index (χ1v) is 7.22. The van der Waals surface area contributed by atoms with Crippen LogP contribution in [0.4, 0.5) is 11.4 Å². The molecule has 2 aromatic carbocycles. The second-order valence-corrected chi connectivity index (χ2v) is 5.28. The van der Waals surface area contributed by atoms with Crippen LogP contribution in [-0.4, -0.2) is 18.2 Å². The number of nitrogens with zero attached hydrogens (tertiary/aromatic N) is 1. The number of nitrogens with one attached hydrogen (secondary N) is 2. The highest BCUT2D eigenvalue weighted by atomic mass is 35.5. The molecule has 0 heterocycles. The van der Waals surface area contributed by atoms with Gasteiger partial charge in [0.15, 0.2) is 5.78 Å². The summed E-state index contributed by atoms with van der Waals surface area (Å²) < 4.78 is 0. The van der Waals surface area contributed by atoms with Crippen molar-refractivity contribution in [3.05, 3.63) is 58.6 Å². The highest BCUT2D eigenvalue weighted by Gasteiger charge is 2.08. The molecule has 1 amide bonds. The molecule has 2 aromatic rings. The first-order valence-electron chi connectivity index (χ1n) is 6.84. The van der Waals surface area contributed by atoms with Crippen LogP contribution in [0.5, 0.6) is 0 Å². The standard InChI is InChI=1S/C17H14ClN3O2/c1-11(22)12-3-2-4-15(7-12)20-10-17(23)21-16-8-14(18)6-5-13(16)9-19/h2-8,20H,10H2,1H3,(H,21,23). The van der Waals surface area contributed by atoms with E-state index in [1.165, 1.54) is 13.0 Å². The van der Waals surface area contributed by atoms with E-state index >= 15 is 0 Å². The molecule has 6 heteroatoms. The number of nitriles is 1. The number of rotatable bonds is 5. The van der Waals surface area contributed by atoms with Crippen molar-refractivity contribution in [1.29, 1.82) is 5.26 Å². The first kappa shape index (κ1) is 16.5. The molecule has 0 radical (unpaired) electrons. The van der Waals surface area contributed by atoms with Gasteiger partial charge in [0.05, 0.1) is 17.8 Å². The molecule has 5 nitrogen and oxygen atoms in total. The van der Waals surface area contributed by atoms with Crippen molar-refractivity contribution in [3.63, 3.8) is 0 Å². The third kappa shape index (κ3) is 4.56. The molecule has 0 fully saturated rings. The summed E-state index contributed by atoms with van der Waals surface area (Å²) in [4.78, 5) is 23.3. The monoisotopic (exact) mass is 327 g/mol. The van der Waals surface area contributed by atoms with Crippen molar-refractivity contribution in [2.45, 2.75) is 6.92 Å². The first-order chi connectivity index (χ1) is 11.0. The zero-order valence-electron chi connectivity index (χ0n) is 12.4. The van der Waals surface area contributed by atoms with Gasteiger partial charge in [-0.25, -0.2) is 0 Å². The Balaban J connectivity index is 2.01. The van der Waals surface area contributed by atoms with Gasteiger partial charge in [-0.1, -0.05) is 23.7 Å². The zero-order chi connectivity index (χ0) is 16.8. The molecule has 2 rings (SSSR count). The van der Waals surface area contributed by atoms with Gasteiger partial charge in [-0.2, -0.15) is 5.26 Å². The molecule has 0 aliphatic rings. The van der Waals surface area contributed by atoms with Gasteiger partial charge < -0.3 is 10.6 Å². The van der Waals surface area contributed by atoms with Crippen LogP contribution in [0.15, 0.2) is 42.5 Å². The summed E-state index contributed by atoms with van der Waals surface area (Å²) in [7, 11) is 0. The molecule has 116 valence electrons. The molecule has 0 spiro atoms. The van der Waals surface area contributed by atoms with Crippen molar-refractivity contribution in [3.8, 4) is 6.07 Å². The number of hydrogen-bond donors (Lipinski definition) is 2. The largest absolute Gasteiger partial charge is 0.376 e. The summed E-state index contributed by atoms with van der Waals surface area (Å²) in [6.07, 6.45) is 0. The van der Waals surface area contributed by atoms with Crippen LogP contribution in [-0.2, 0) is 4.79 Å². The van der Waals surface area contributed by atoms with E-state index in [-0.39, 0.29) is 18.2 Å². The summed E-state index contributed by atoms with van der Waals surface area (Å²) in [5, 5.41) is 15.0. The van der Waals surface area contributed by atoms with Gasteiger partial charge in [-0.15, -0.1) is 0 Å². The van der Waals surface area contributed by atoms with E-state index in [9.17, 15) is 9.59 Å². The van der Waals surface area contributed by atoms with Crippen LogP contribution < -0.4 is 10.6 Å². The van der Waals surface area contributed by atoms with Crippen molar-refractivity contribution in [2.24, 2.45) is 0 Å². The topological polar surface area (TPSA) is 82.0 Å². The Morgan fingerprint density at radius 2 is 2.00 bits per heavy atom. The summed E-state index contributed by atoms with van der Waals surface area (Å²) >= 11 is 5.87. The highest BCUT2D eigenvalue weighted by molar-refractivity contribution is 6.31. The number of hydrogen-bond acceptors (Lipinski definition) is 4. The lowest BCUT2D eigenvalue weighted by molar-refractivity contribution is -0.114. The predicted molar refractivity (Wildman–Crippen MR) is 89.7 cm³/mol. The number of amides is 1. The minimum Gasteiger partial charge on any atom is -0.376 e. The minimum absolute atomic E-state index is 0.00125. The highest BCUT2D eigenvalue weighted by Crippen LogP contribution is 2.20. The van der Waals surface area contributed by atoms with Crippen molar-refractivity contribution in [1.82, 2.24) is 0 Å². The van der Waals surface area contributed by atoms with Crippen LogP contribution in [0, 0.1) is 11.3 Å². The maximum absolute atomic E-state index is 12.0. The SMILES string of the molecule is CC(=O)c1cccc(NCC(=O)Nc2cc(Cl)ccc2C#N)c1. The van der Waals surface area contributed by atoms with E-state index in [0.29, 0.717) is 27.5 Å². The van der Waals surface area contributed by atoms with Gasteiger partial charge in [-0.3, -0.25) is 9.59 Å². The molecule has 0 saturated heterocycles. The van der Waals surface area contributed by atoms with Gasteiger partial charge in [-0.05, 0) is 37.3 Å². The Kier molecular flexibility index (Phi) is 5.34. The second-order valence-electron chi connectivity index (χ2n) is 4.84. The molecule has 0 aliphatic carbocycles. The molecule has 2 N–H and O–H groups in total. The fourth-order valence-electron chi connectivity index (χ4n) is 1.94. The maximum atomic E-state index is 12.0. The number of Topliss-reactive ketones (excluding diaryl/α,β-unsaturated/α-hetero) is 1. The minimum atomic E-state index is -0.322. The molecular formula is C17H14ClN3O2. The van der Waals surface area contributed by atoms with Gasteiger partial charge in [0.2, 0.25) is 5.91 Å². The molecule has 0 saturated carbocycles. The molecule has 0 aromatic heterocycles. The Morgan fingerprint density at radius 3 is 2.70 bits per heavy atom. The van der Waals surface area contributed by atoms with Crippen LogP contribution >= 0.6 is 11.6 Å². The van der Waals surface area contributed by atoms with Crippen LogP contribution in [0.1, 0.15) is 22.8 Å². The Bertz CT molecular complexity index is 797. The van der Waals surface area contributed by atoms with Crippen molar-refractivity contribution >= 4 is 34.7 Å². The van der Waals surface area contributed by atoms with Gasteiger partial charge in [0.1, 0.15) is 6.07 Å². The lowest BCUT2D eigenvalue weighted by Crippen LogP contribution is -2.22. The summed E-state index contributed by atoms with van der Waals surface area (Å²) in [5.74, 6) is -0.368. The Labute approximate surface area is 138 Å². The predicted octanol–water partition coefficient (Wildman–Crippen LogP) is 3.46. The normalized spacial score (nSPS) is 9.78. The summed E-state index contributed by atoms with van der Waals surface area (Å²) in [5.41, 5.74) is 1.93. The number of carbonyl (C=O) groups is 2. The average molecular weight is 328 g/mol. The Morgan fingerprint density at radius 1 is 1.22 bits per heavy atom. The number of benzene rings is 2. The van der Waals surface area contributed by atoms with E-state index in [2.05, 4.69) is 10.6 Å². The van der Waals surface area contributed by atoms with Gasteiger partial charge >= 0.3 is 0 Å². The quantitative estimate of drug-likeness (QED) is 0.824. The summed E-state index contributed by atoms with van der Waals surface area (Å²) in [6.45, 7) is 1.48. The summed E-state index contributed by atoms with van der Waals surface area (Å²) in [6, 6.07) is 13.5. The van der Waals surface area contributed by atoms with E-state index in [1.54, 1.807) is 36.4 Å². The van der Waals surface area contributed by atoms with E-state index < -0.39 is 0 Å². The average Bonchev–Trinajstić information content (AvgIpc) is 2.53. The molecular weight excluding hydrogens is 314 g/mol. The lowest BCUT2D eigenvalue weighted by Gasteiger charge is -2.10. The third-order valence-corrected chi connectivity index (χ3v) is 3.33. The second kappa shape index (κ2) is 7.43. The smallest absolute Gasteiger partial charge is 0.243 e. The fourth-order valence-corrected chi connectivity index (χ4v) is 2.11. The van der Waals surface area contributed by atoms with Gasteiger partial charge in [0.25, 0.3) is 0 Å². The van der Waals surface area contributed by atoms with E-state index in [0.717, 1.165) is 0 Å². The fraction of sp³-hybridized carbons (Fsp3) is 0.118. The van der Waals surface area contributed by atoms with Crippen LogP contribution in [0.25, 0.3) is 0 Å². The van der Waals surface area contributed by atoms with E-state index in [1.807, 2.05) is 6.07 Å². The van der Waals surface area contributed by atoms with Crippen LogP contribution in [0.3, 0.4) is 0 Å². The van der Waals surface area contributed by atoms with E-state index in [4.69, 9.17) is 16.9 Å². The Hall–Kier alpha value is -2.84. The third-order valence-electron chi connectivity index (χ3n) is 3.10. The molecule has 0 atom stereocenters. The number of anilines is 2. The lowest BCUT2D eigenvalue weighted by atomic mass is 10.1. The van der Waals surface area contributed by atoms with Crippen LogP contribution in [0.2, 0.25) is 5.02 Å². The van der Waals surface area contributed by atoms with Gasteiger partial charge in [0, 0.05) is 16.3 Å². The number of ketones is 1. The molecule has 0 aliphatic heterocycles. The molecule has 0 bridgehead atoms.